The molecule has 0 radical (unpaired) electrons. The van der Waals surface area contributed by atoms with E-state index in [1.54, 1.807) is 0 Å². The molecule has 0 heterocycles. The van der Waals surface area contributed by atoms with Gasteiger partial charge in [-0.3, -0.25) is 0 Å². The summed E-state index contributed by atoms with van der Waals surface area (Å²) < 4.78 is 0. The lowest BCUT2D eigenvalue weighted by Crippen LogP contribution is -2.26. The lowest BCUT2D eigenvalue weighted by molar-refractivity contribution is 0.480. The van der Waals surface area contributed by atoms with Gasteiger partial charge in [0.15, 0.2) is 0 Å². The summed E-state index contributed by atoms with van der Waals surface area (Å²) in [4.78, 5) is 0. The molecule has 19 heavy (non-hydrogen) atoms. The van der Waals surface area contributed by atoms with Crippen molar-refractivity contribution in [2.75, 3.05) is 0 Å². The highest BCUT2D eigenvalue weighted by atomic mass is 14.7. The van der Waals surface area contributed by atoms with Crippen molar-refractivity contribution in [3.63, 3.8) is 0 Å². The maximum atomic E-state index is 6.47. The molecule has 0 aromatic heterocycles. The van der Waals surface area contributed by atoms with Crippen LogP contribution in [0.15, 0.2) is 24.3 Å². The Hall–Kier alpha value is -0.820. The van der Waals surface area contributed by atoms with Gasteiger partial charge in [-0.1, -0.05) is 51.0 Å². The minimum absolute atomic E-state index is 0.387. The molecule has 1 heteroatoms. The molecule has 104 valence electrons. The molecule has 3 atom stereocenters. The Kier molecular flexibility index (Phi) is 3.66. The Labute approximate surface area is 117 Å². The molecule has 0 aliphatic heterocycles. The SMILES string of the molecule is CC(C)c1ccc(CC(N)C2C3CCCCC32)cc1. The summed E-state index contributed by atoms with van der Waals surface area (Å²) >= 11 is 0. The standard InChI is InChI=1S/C18H27N/c1-12(2)14-9-7-13(8-10-14)11-17(19)18-15-5-3-4-6-16(15)18/h7-10,12,15-18H,3-6,11,19H2,1-2H3. The molecule has 1 aromatic rings. The third kappa shape index (κ3) is 2.72. The van der Waals surface area contributed by atoms with E-state index in [4.69, 9.17) is 5.73 Å². The number of hydrogen-bond donors (Lipinski definition) is 1. The van der Waals surface area contributed by atoms with Gasteiger partial charge in [-0.05, 0) is 54.1 Å². The molecule has 3 rings (SSSR count). The van der Waals surface area contributed by atoms with Crippen LogP contribution in [0.1, 0.15) is 56.6 Å². The van der Waals surface area contributed by atoms with Crippen molar-refractivity contribution < 1.29 is 0 Å². The summed E-state index contributed by atoms with van der Waals surface area (Å²) in [6.45, 7) is 4.49. The fourth-order valence-electron chi connectivity index (χ4n) is 4.13. The van der Waals surface area contributed by atoms with Gasteiger partial charge < -0.3 is 5.73 Å². The van der Waals surface area contributed by atoms with Gasteiger partial charge in [-0.2, -0.15) is 0 Å². The van der Waals surface area contributed by atoms with Crippen LogP contribution in [0.2, 0.25) is 0 Å². The molecule has 0 saturated heterocycles. The Morgan fingerprint density at radius 2 is 1.63 bits per heavy atom. The second-order valence-electron chi connectivity index (χ2n) is 6.95. The Balaban J connectivity index is 1.59. The molecular formula is C18H27N. The lowest BCUT2D eigenvalue weighted by atomic mass is 9.97. The Morgan fingerprint density at radius 1 is 1.05 bits per heavy atom. The zero-order chi connectivity index (χ0) is 13.4. The van der Waals surface area contributed by atoms with Crippen LogP contribution in [0.25, 0.3) is 0 Å². The third-order valence-corrected chi connectivity index (χ3v) is 5.33. The van der Waals surface area contributed by atoms with Crippen molar-refractivity contribution in [3.8, 4) is 0 Å². The van der Waals surface area contributed by atoms with E-state index in [1.165, 1.54) is 36.8 Å². The zero-order valence-electron chi connectivity index (χ0n) is 12.3. The molecule has 2 saturated carbocycles. The van der Waals surface area contributed by atoms with E-state index in [-0.39, 0.29) is 0 Å². The van der Waals surface area contributed by atoms with Crippen molar-refractivity contribution in [2.45, 2.75) is 57.9 Å². The van der Waals surface area contributed by atoms with Crippen LogP contribution < -0.4 is 5.73 Å². The lowest BCUT2D eigenvalue weighted by Gasteiger charge is -2.13. The number of fused-ring (bicyclic) bond motifs is 1. The average Bonchev–Trinajstić information content (AvgIpc) is 3.13. The third-order valence-electron chi connectivity index (χ3n) is 5.33. The first kappa shape index (κ1) is 13.2. The van der Waals surface area contributed by atoms with Crippen LogP contribution in [-0.2, 0) is 6.42 Å². The van der Waals surface area contributed by atoms with Crippen LogP contribution >= 0.6 is 0 Å². The smallest absolute Gasteiger partial charge is 0.0113 e. The summed E-state index contributed by atoms with van der Waals surface area (Å²) in [5.74, 6) is 3.39. The van der Waals surface area contributed by atoms with Gasteiger partial charge in [0.25, 0.3) is 0 Å². The van der Waals surface area contributed by atoms with E-state index in [0.717, 1.165) is 24.2 Å². The van der Waals surface area contributed by atoms with Crippen molar-refractivity contribution >= 4 is 0 Å². The average molecular weight is 257 g/mol. The maximum Gasteiger partial charge on any atom is 0.0113 e. The molecular weight excluding hydrogens is 230 g/mol. The highest BCUT2D eigenvalue weighted by molar-refractivity contribution is 5.25. The molecule has 1 aromatic carbocycles. The monoisotopic (exact) mass is 257 g/mol. The Morgan fingerprint density at radius 3 is 2.16 bits per heavy atom. The fourth-order valence-corrected chi connectivity index (χ4v) is 4.13. The van der Waals surface area contributed by atoms with Crippen LogP contribution in [0, 0.1) is 17.8 Å². The number of nitrogens with two attached hydrogens (primary N) is 1. The second-order valence-corrected chi connectivity index (χ2v) is 6.95. The number of benzene rings is 1. The summed E-state index contributed by atoms with van der Waals surface area (Å²) in [6.07, 6.45) is 6.82. The topological polar surface area (TPSA) is 26.0 Å². The molecule has 3 unspecified atom stereocenters. The first-order chi connectivity index (χ1) is 9.16. The number of hydrogen-bond acceptors (Lipinski definition) is 1. The normalized spacial score (nSPS) is 31.1. The van der Waals surface area contributed by atoms with E-state index in [9.17, 15) is 0 Å². The van der Waals surface area contributed by atoms with Gasteiger partial charge in [-0.15, -0.1) is 0 Å². The summed E-state index contributed by atoms with van der Waals surface area (Å²) in [5.41, 5.74) is 9.31. The molecule has 1 nitrogen and oxygen atoms in total. The van der Waals surface area contributed by atoms with Gasteiger partial charge in [0.2, 0.25) is 0 Å². The molecule has 2 N–H and O–H groups in total. The van der Waals surface area contributed by atoms with Crippen LogP contribution in [0.3, 0.4) is 0 Å². The van der Waals surface area contributed by atoms with Crippen molar-refractivity contribution in [3.05, 3.63) is 35.4 Å². The van der Waals surface area contributed by atoms with Crippen molar-refractivity contribution in [1.82, 2.24) is 0 Å². The first-order valence-corrected chi connectivity index (χ1v) is 8.01. The Bertz CT molecular complexity index is 408. The predicted octanol–water partition coefficient (Wildman–Crippen LogP) is 4.12. The van der Waals surface area contributed by atoms with Gasteiger partial charge in [0.1, 0.15) is 0 Å². The van der Waals surface area contributed by atoms with E-state index < -0.39 is 0 Å². The van der Waals surface area contributed by atoms with E-state index in [0.29, 0.717) is 12.0 Å². The minimum Gasteiger partial charge on any atom is -0.327 e. The molecule has 2 aliphatic rings. The van der Waals surface area contributed by atoms with Crippen LogP contribution in [-0.4, -0.2) is 6.04 Å². The predicted molar refractivity (Wildman–Crippen MR) is 81.1 cm³/mol. The van der Waals surface area contributed by atoms with E-state index in [2.05, 4.69) is 38.1 Å². The molecule has 2 fully saturated rings. The molecule has 0 bridgehead atoms. The minimum atomic E-state index is 0.387. The molecule has 0 spiro atoms. The van der Waals surface area contributed by atoms with Gasteiger partial charge >= 0.3 is 0 Å². The second kappa shape index (κ2) is 5.28. The summed E-state index contributed by atoms with van der Waals surface area (Å²) in [5, 5.41) is 0. The van der Waals surface area contributed by atoms with Gasteiger partial charge in [0, 0.05) is 6.04 Å². The number of rotatable bonds is 4. The van der Waals surface area contributed by atoms with Crippen LogP contribution in [0.5, 0.6) is 0 Å². The highest BCUT2D eigenvalue weighted by Crippen LogP contribution is 2.56. The van der Waals surface area contributed by atoms with Crippen molar-refractivity contribution in [2.24, 2.45) is 23.5 Å². The quantitative estimate of drug-likeness (QED) is 0.863. The van der Waals surface area contributed by atoms with Gasteiger partial charge in [0.05, 0.1) is 0 Å². The zero-order valence-corrected chi connectivity index (χ0v) is 12.3. The molecule has 2 aliphatic carbocycles. The summed E-state index contributed by atoms with van der Waals surface area (Å²) in [6, 6.07) is 9.49. The first-order valence-electron chi connectivity index (χ1n) is 8.01. The van der Waals surface area contributed by atoms with Crippen molar-refractivity contribution in [1.29, 1.82) is 0 Å². The largest absolute Gasteiger partial charge is 0.327 e. The molecule has 0 amide bonds. The van der Waals surface area contributed by atoms with E-state index >= 15 is 0 Å². The van der Waals surface area contributed by atoms with Crippen LogP contribution in [0.4, 0.5) is 0 Å². The fraction of sp³-hybridized carbons (Fsp3) is 0.667. The van der Waals surface area contributed by atoms with E-state index in [1.807, 2.05) is 0 Å². The summed E-state index contributed by atoms with van der Waals surface area (Å²) in [7, 11) is 0. The maximum absolute atomic E-state index is 6.47. The van der Waals surface area contributed by atoms with Gasteiger partial charge in [-0.25, -0.2) is 0 Å². The highest BCUT2D eigenvalue weighted by Gasteiger charge is 2.52.